The zero-order valence-corrected chi connectivity index (χ0v) is 11.8. The van der Waals surface area contributed by atoms with Crippen LogP contribution in [0.25, 0.3) is 0 Å². The average Bonchev–Trinajstić information content (AvgIpc) is 2.68. The molecule has 1 aliphatic rings. The zero-order valence-electron chi connectivity index (χ0n) is 11.0. The van der Waals surface area contributed by atoms with E-state index >= 15 is 0 Å². The van der Waals surface area contributed by atoms with E-state index in [1.807, 2.05) is 13.8 Å². The zero-order chi connectivity index (χ0) is 13.0. The summed E-state index contributed by atoms with van der Waals surface area (Å²) >= 11 is 1.48. The van der Waals surface area contributed by atoms with Gasteiger partial charge in [0.25, 0.3) is 5.22 Å². The fraction of sp³-hybridized carbons (Fsp3) is 0.750. The molecule has 102 valence electrons. The van der Waals surface area contributed by atoms with Crippen molar-refractivity contribution in [1.82, 2.24) is 15.2 Å². The number of aromatic nitrogens is 1. The summed E-state index contributed by atoms with van der Waals surface area (Å²) in [4.78, 5) is 6.58. The van der Waals surface area contributed by atoms with Crippen molar-refractivity contribution >= 4 is 11.8 Å². The number of piperazine rings is 1. The summed E-state index contributed by atoms with van der Waals surface area (Å²) in [5.74, 6) is 1.48. The van der Waals surface area contributed by atoms with Gasteiger partial charge in [0, 0.05) is 38.5 Å². The Bertz CT molecular complexity index is 358. The van der Waals surface area contributed by atoms with Crippen LogP contribution in [0.5, 0.6) is 0 Å². The highest BCUT2D eigenvalue weighted by atomic mass is 32.2. The van der Waals surface area contributed by atoms with Crippen LogP contribution in [-0.4, -0.2) is 59.6 Å². The van der Waals surface area contributed by atoms with E-state index in [1.54, 1.807) is 0 Å². The normalized spacial score (nSPS) is 19.1. The van der Waals surface area contributed by atoms with E-state index in [1.165, 1.54) is 11.8 Å². The Labute approximate surface area is 112 Å². The van der Waals surface area contributed by atoms with Crippen LogP contribution in [-0.2, 0) is 0 Å². The molecule has 0 spiro atoms. The number of rotatable bonds is 5. The molecule has 1 aromatic heterocycles. The molecule has 2 heterocycles. The van der Waals surface area contributed by atoms with Crippen LogP contribution < -0.4 is 5.32 Å². The van der Waals surface area contributed by atoms with E-state index in [4.69, 9.17) is 4.42 Å². The van der Waals surface area contributed by atoms with Crippen LogP contribution in [0.4, 0.5) is 0 Å². The molecule has 0 radical (unpaired) electrons. The number of oxazole rings is 1. The number of hydrogen-bond donors (Lipinski definition) is 2. The van der Waals surface area contributed by atoms with E-state index in [2.05, 4.69) is 15.2 Å². The SMILES string of the molecule is Cc1nc(SCC(O)CN2CCNCC2)oc1C. The van der Waals surface area contributed by atoms with Crippen molar-refractivity contribution in [3.8, 4) is 0 Å². The second-order valence-electron chi connectivity index (χ2n) is 4.64. The Morgan fingerprint density at radius 2 is 2.17 bits per heavy atom. The summed E-state index contributed by atoms with van der Waals surface area (Å²) in [5, 5.41) is 13.9. The van der Waals surface area contributed by atoms with Gasteiger partial charge in [-0.25, -0.2) is 4.98 Å². The molecule has 1 saturated heterocycles. The maximum absolute atomic E-state index is 9.99. The highest BCUT2D eigenvalue weighted by molar-refractivity contribution is 7.99. The lowest BCUT2D eigenvalue weighted by molar-refractivity contribution is 0.121. The summed E-state index contributed by atoms with van der Waals surface area (Å²) in [5.41, 5.74) is 0.925. The molecule has 5 nitrogen and oxygen atoms in total. The van der Waals surface area contributed by atoms with Gasteiger partial charge >= 0.3 is 0 Å². The lowest BCUT2D eigenvalue weighted by Crippen LogP contribution is -2.46. The number of β-amino-alcohol motifs (C(OH)–C–C–N with tert-alkyl or cyclic N) is 1. The van der Waals surface area contributed by atoms with E-state index in [0.717, 1.165) is 44.2 Å². The minimum absolute atomic E-state index is 0.333. The molecule has 18 heavy (non-hydrogen) atoms. The first-order chi connectivity index (χ1) is 8.65. The fourth-order valence-electron chi connectivity index (χ4n) is 1.92. The third kappa shape index (κ3) is 3.98. The standard InChI is InChI=1S/C12H21N3O2S/c1-9-10(2)17-12(14-9)18-8-11(16)7-15-5-3-13-4-6-15/h11,13,16H,3-8H2,1-2H3. The largest absolute Gasteiger partial charge is 0.437 e. The highest BCUT2D eigenvalue weighted by Crippen LogP contribution is 2.20. The third-order valence-corrected chi connectivity index (χ3v) is 4.06. The van der Waals surface area contributed by atoms with E-state index < -0.39 is 0 Å². The van der Waals surface area contributed by atoms with E-state index in [0.29, 0.717) is 11.0 Å². The fourth-order valence-corrected chi connectivity index (χ4v) is 2.74. The van der Waals surface area contributed by atoms with Crippen molar-refractivity contribution in [2.75, 3.05) is 38.5 Å². The second kappa shape index (κ2) is 6.56. The van der Waals surface area contributed by atoms with Crippen molar-refractivity contribution in [3.63, 3.8) is 0 Å². The molecule has 0 aliphatic carbocycles. The molecule has 1 unspecified atom stereocenters. The van der Waals surface area contributed by atoms with E-state index in [9.17, 15) is 5.11 Å². The van der Waals surface area contributed by atoms with Crippen molar-refractivity contribution < 1.29 is 9.52 Å². The van der Waals surface area contributed by atoms with Crippen molar-refractivity contribution in [3.05, 3.63) is 11.5 Å². The monoisotopic (exact) mass is 271 g/mol. The van der Waals surface area contributed by atoms with Gasteiger partial charge in [0.15, 0.2) is 0 Å². The van der Waals surface area contributed by atoms with Crippen LogP contribution in [0.2, 0.25) is 0 Å². The second-order valence-corrected chi connectivity index (χ2v) is 5.61. The molecule has 1 fully saturated rings. The number of aliphatic hydroxyl groups is 1. The number of hydrogen-bond acceptors (Lipinski definition) is 6. The first kappa shape index (κ1) is 13.9. The van der Waals surface area contributed by atoms with Gasteiger partial charge in [0.2, 0.25) is 0 Å². The van der Waals surface area contributed by atoms with Gasteiger partial charge in [-0.1, -0.05) is 11.8 Å². The Kier molecular flexibility index (Phi) is 5.05. The van der Waals surface area contributed by atoms with Crippen LogP contribution in [0, 0.1) is 13.8 Å². The average molecular weight is 271 g/mol. The molecule has 1 aliphatic heterocycles. The lowest BCUT2D eigenvalue weighted by Gasteiger charge is -2.28. The number of thioether (sulfide) groups is 1. The maximum atomic E-state index is 9.99. The Hall–Kier alpha value is -0.560. The Morgan fingerprint density at radius 1 is 1.44 bits per heavy atom. The topological polar surface area (TPSA) is 61.5 Å². The van der Waals surface area contributed by atoms with Crippen LogP contribution in [0.15, 0.2) is 9.64 Å². The summed E-state index contributed by atoms with van der Waals surface area (Å²) in [7, 11) is 0. The maximum Gasteiger partial charge on any atom is 0.256 e. The minimum atomic E-state index is -0.333. The van der Waals surface area contributed by atoms with Crippen molar-refractivity contribution in [2.24, 2.45) is 0 Å². The molecule has 0 aromatic carbocycles. The van der Waals surface area contributed by atoms with Crippen LogP contribution in [0.3, 0.4) is 0 Å². The van der Waals surface area contributed by atoms with E-state index in [-0.39, 0.29) is 6.10 Å². The van der Waals surface area contributed by atoms with Crippen LogP contribution >= 0.6 is 11.8 Å². The quantitative estimate of drug-likeness (QED) is 0.767. The smallest absolute Gasteiger partial charge is 0.256 e. The van der Waals surface area contributed by atoms with Crippen LogP contribution in [0.1, 0.15) is 11.5 Å². The molecule has 2 N–H and O–H groups in total. The van der Waals surface area contributed by atoms with Gasteiger partial charge in [-0.05, 0) is 13.8 Å². The first-order valence-electron chi connectivity index (χ1n) is 6.33. The summed E-state index contributed by atoms with van der Waals surface area (Å²) in [6.07, 6.45) is -0.333. The van der Waals surface area contributed by atoms with Gasteiger partial charge in [-0.15, -0.1) is 0 Å². The third-order valence-electron chi connectivity index (χ3n) is 3.09. The summed E-state index contributed by atoms with van der Waals surface area (Å²) in [6.45, 7) is 8.62. The molecule has 1 aromatic rings. The van der Waals surface area contributed by atoms with Gasteiger partial charge in [0.05, 0.1) is 11.8 Å². The molecule has 6 heteroatoms. The van der Waals surface area contributed by atoms with Gasteiger partial charge < -0.3 is 14.8 Å². The minimum Gasteiger partial charge on any atom is -0.437 e. The first-order valence-corrected chi connectivity index (χ1v) is 7.31. The predicted molar refractivity (Wildman–Crippen MR) is 72.0 cm³/mol. The lowest BCUT2D eigenvalue weighted by atomic mass is 10.3. The summed E-state index contributed by atoms with van der Waals surface area (Å²) < 4.78 is 5.47. The molecule has 0 bridgehead atoms. The van der Waals surface area contributed by atoms with Gasteiger partial charge in [-0.2, -0.15) is 0 Å². The highest BCUT2D eigenvalue weighted by Gasteiger charge is 2.15. The number of aryl methyl sites for hydroxylation is 2. The van der Waals surface area contributed by atoms with Gasteiger partial charge in [-0.3, -0.25) is 4.90 Å². The molecule has 1 atom stereocenters. The van der Waals surface area contributed by atoms with Gasteiger partial charge in [0.1, 0.15) is 5.76 Å². The molecular weight excluding hydrogens is 250 g/mol. The molecule has 2 rings (SSSR count). The Balaban J connectivity index is 1.72. The summed E-state index contributed by atoms with van der Waals surface area (Å²) in [6, 6.07) is 0. The molecular formula is C12H21N3O2S. The number of aliphatic hydroxyl groups excluding tert-OH is 1. The predicted octanol–water partition coefficient (Wildman–Crippen LogP) is 0.650. The number of nitrogens with one attached hydrogen (secondary N) is 1. The van der Waals surface area contributed by atoms with Crippen molar-refractivity contribution in [2.45, 2.75) is 25.2 Å². The number of nitrogens with zero attached hydrogens (tertiary/aromatic N) is 2. The van der Waals surface area contributed by atoms with Crippen molar-refractivity contribution in [1.29, 1.82) is 0 Å². The molecule has 0 saturated carbocycles. The molecule has 0 amide bonds. The Morgan fingerprint density at radius 3 is 2.78 bits per heavy atom.